The summed E-state index contributed by atoms with van der Waals surface area (Å²) >= 11 is 0. The summed E-state index contributed by atoms with van der Waals surface area (Å²) in [6, 6.07) is 8.33. The molecule has 0 fully saturated rings. The van der Waals surface area contributed by atoms with Gasteiger partial charge in [0.25, 0.3) is 0 Å². The van der Waals surface area contributed by atoms with Gasteiger partial charge in [-0.1, -0.05) is 31.2 Å². The second-order valence-corrected chi connectivity index (χ2v) is 5.67. The van der Waals surface area contributed by atoms with Gasteiger partial charge >= 0.3 is 0 Å². The molecule has 0 aliphatic heterocycles. The van der Waals surface area contributed by atoms with Gasteiger partial charge in [-0.15, -0.1) is 0 Å². The first-order chi connectivity index (χ1) is 10.3. The van der Waals surface area contributed by atoms with Crippen LogP contribution in [0.4, 0.5) is 0 Å². The Hall–Kier alpha value is -2.10. The van der Waals surface area contributed by atoms with Crippen molar-refractivity contribution in [1.29, 1.82) is 0 Å². The van der Waals surface area contributed by atoms with Gasteiger partial charge in [0.2, 0.25) is 5.91 Å². The van der Waals surface area contributed by atoms with Crippen LogP contribution in [0.1, 0.15) is 48.2 Å². The Bertz CT molecular complexity index is 632. The van der Waals surface area contributed by atoms with Crippen molar-refractivity contribution in [3.63, 3.8) is 0 Å². The van der Waals surface area contributed by atoms with Crippen LogP contribution in [0.25, 0.3) is 0 Å². The first kappa shape index (κ1) is 13.9. The molecule has 1 heterocycles. The van der Waals surface area contributed by atoms with Crippen LogP contribution in [0, 0.1) is 0 Å². The first-order valence-electron chi connectivity index (χ1n) is 7.65. The summed E-state index contributed by atoms with van der Waals surface area (Å²) in [5.41, 5.74) is 4.66. The minimum absolute atomic E-state index is 0.0794. The van der Waals surface area contributed by atoms with Crippen LogP contribution in [0.15, 0.2) is 30.5 Å². The zero-order valence-electron chi connectivity index (χ0n) is 12.4. The van der Waals surface area contributed by atoms with Gasteiger partial charge in [-0.05, 0) is 42.4 Å². The lowest BCUT2D eigenvalue weighted by Crippen LogP contribution is -2.32. The van der Waals surface area contributed by atoms with Crippen molar-refractivity contribution in [3.8, 4) is 0 Å². The van der Waals surface area contributed by atoms with E-state index in [1.54, 1.807) is 0 Å². The highest BCUT2D eigenvalue weighted by Crippen LogP contribution is 2.27. The second kappa shape index (κ2) is 6.12. The average molecular weight is 283 g/mol. The SMILES string of the molecule is CCc1cccc(CC(=O)NC2CCCc3cn[nH]c32)c1. The summed E-state index contributed by atoms with van der Waals surface area (Å²) in [5.74, 6) is 0.0794. The summed E-state index contributed by atoms with van der Waals surface area (Å²) in [5, 5.41) is 10.3. The van der Waals surface area contributed by atoms with E-state index >= 15 is 0 Å². The average Bonchev–Trinajstić information content (AvgIpc) is 2.97. The largest absolute Gasteiger partial charge is 0.347 e. The molecule has 2 N–H and O–H groups in total. The number of rotatable bonds is 4. The van der Waals surface area contributed by atoms with Crippen LogP contribution in [-0.2, 0) is 24.1 Å². The number of nitrogens with zero attached hydrogens (tertiary/aromatic N) is 1. The van der Waals surface area contributed by atoms with Crippen molar-refractivity contribution >= 4 is 5.91 Å². The van der Waals surface area contributed by atoms with Gasteiger partial charge in [0.05, 0.1) is 24.4 Å². The van der Waals surface area contributed by atoms with Gasteiger partial charge in [-0.25, -0.2) is 0 Å². The molecule has 1 unspecified atom stereocenters. The Labute approximate surface area is 125 Å². The Balaban J connectivity index is 1.65. The van der Waals surface area contributed by atoms with E-state index < -0.39 is 0 Å². The molecule has 1 aliphatic rings. The summed E-state index contributed by atoms with van der Waals surface area (Å²) in [6.07, 6.45) is 6.44. The van der Waals surface area contributed by atoms with Crippen molar-refractivity contribution in [2.75, 3.05) is 0 Å². The third kappa shape index (κ3) is 3.15. The van der Waals surface area contributed by atoms with Crippen LogP contribution in [-0.4, -0.2) is 16.1 Å². The Kier molecular flexibility index (Phi) is 4.04. The molecule has 0 saturated carbocycles. The van der Waals surface area contributed by atoms with Crippen LogP contribution < -0.4 is 5.32 Å². The summed E-state index contributed by atoms with van der Waals surface area (Å²) in [7, 11) is 0. The molecule has 0 bridgehead atoms. The molecule has 2 aromatic rings. The highest BCUT2D eigenvalue weighted by Gasteiger charge is 2.23. The highest BCUT2D eigenvalue weighted by atomic mass is 16.1. The Morgan fingerprint density at radius 1 is 1.43 bits per heavy atom. The number of aromatic amines is 1. The minimum atomic E-state index is 0.0794. The molecular formula is C17H21N3O. The zero-order chi connectivity index (χ0) is 14.7. The number of H-pyrrole nitrogens is 1. The fraction of sp³-hybridized carbons (Fsp3) is 0.412. The quantitative estimate of drug-likeness (QED) is 0.906. The monoisotopic (exact) mass is 283 g/mol. The van der Waals surface area contributed by atoms with E-state index in [4.69, 9.17) is 0 Å². The molecule has 21 heavy (non-hydrogen) atoms. The predicted octanol–water partition coefficient (Wildman–Crippen LogP) is 2.71. The molecular weight excluding hydrogens is 262 g/mol. The number of hydrogen-bond donors (Lipinski definition) is 2. The van der Waals surface area contributed by atoms with E-state index in [2.05, 4.69) is 34.6 Å². The normalized spacial score (nSPS) is 17.3. The lowest BCUT2D eigenvalue weighted by Gasteiger charge is -2.23. The van der Waals surface area contributed by atoms with Gasteiger partial charge in [-0.3, -0.25) is 9.89 Å². The van der Waals surface area contributed by atoms with Gasteiger partial charge < -0.3 is 5.32 Å². The van der Waals surface area contributed by atoms with Gasteiger partial charge in [0, 0.05) is 0 Å². The van der Waals surface area contributed by atoms with E-state index in [-0.39, 0.29) is 11.9 Å². The maximum absolute atomic E-state index is 12.3. The summed E-state index contributed by atoms with van der Waals surface area (Å²) in [4.78, 5) is 12.3. The maximum Gasteiger partial charge on any atom is 0.224 e. The van der Waals surface area contributed by atoms with E-state index in [9.17, 15) is 4.79 Å². The number of benzene rings is 1. The smallest absolute Gasteiger partial charge is 0.224 e. The fourth-order valence-electron chi connectivity index (χ4n) is 3.00. The Morgan fingerprint density at radius 3 is 3.14 bits per heavy atom. The van der Waals surface area contributed by atoms with E-state index in [1.807, 2.05) is 18.3 Å². The number of aromatic nitrogens is 2. The molecule has 0 saturated heterocycles. The van der Waals surface area contributed by atoms with E-state index in [1.165, 1.54) is 11.1 Å². The number of carbonyl (C=O) groups is 1. The second-order valence-electron chi connectivity index (χ2n) is 5.67. The van der Waals surface area contributed by atoms with Crippen LogP contribution >= 0.6 is 0 Å². The lowest BCUT2D eigenvalue weighted by atomic mass is 9.93. The molecule has 0 radical (unpaired) electrons. The number of hydrogen-bond acceptors (Lipinski definition) is 2. The van der Waals surface area contributed by atoms with Crippen molar-refractivity contribution < 1.29 is 4.79 Å². The van der Waals surface area contributed by atoms with E-state index in [0.717, 1.165) is 36.9 Å². The molecule has 110 valence electrons. The van der Waals surface area contributed by atoms with Crippen molar-refractivity contribution in [2.24, 2.45) is 0 Å². The standard InChI is InChI=1S/C17H21N3O/c1-2-12-5-3-6-13(9-12)10-16(21)19-15-8-4-7-14-11-18-20-17(14)15/h3,5-6,9,11,15H,2,4,7-8,10H2,1H3,(H,18,20)(H,19,21). The minimum Gasteiger partial charge on any atom is -0.347 e. The maximum atomic E-state index is 12.3. The Morgan fingerprint density at radius 2 is 2.29 bits per heavy atom. The van der Waals surface area contributed by atoms with Crippen LogP contribution in [0.2, 0.25) is 0 Å². The van der Waals surface area contributed by atoms with Gasteiger partial charge in [0.1, 0.15) is 0 Å². The predicted molar refractivity (Wildman–Crippen MR) is 81.9 cm³/mol. The molecule has 3 rings (SSSR count). The van der Waals surface area contributed by atoms with Crippen LogP contribution in [0.5, 0.6) is 0 Å². The molecule has 1 aromatic carbocycles. The molecule has 1 atom stereocenters. The van der Waals surface area contributed by atoms with Crippen molar-refractivity contribution in [3.05, 3.63) is 52.8 Å². The van der Waals surface area contributed by atoms with Crippen molar-refractivity contribution in [2.45, 2.75) is 45.1 Å². The van der Waals surface area contributed by atoms with Gasteiger partial charge in [-0.2, -0.15) is 5.10 Å². The number of aryl methyl sites for hydroxylation is 2. The number of carbonyl (C=O) groups excluding carboxylic acids is 1. The summed E-state index contributed by atoms with van der Waals surface area (Å²) < 4.78 is 0. The molecule has 0 spiro atoms. The third-order valence-corrected chi connectivity index (χ3v) is 4.14. The highest BCUT2D eigenvalue weighted by molar-refractivity contribution is 5.79. The number of fused-ring (bicyclic) bond motifs is 1. The first-order valence-corrected chi connectivity index (χ1v) is 7.65. The van der Waals surface area contributed by atoms with E-state index in [0.29, 0.717) is 6.42 Å². The third-order valence-electron chi connectivity index (χ3n) is 4.14. The molecule has 1 aliphatic carbocycles. The zero-order valence-corrected chi connectivity index (χ0v) is 12.4. The topological polar surface area (TPSA) is 57.8 Å². The molecule has 1 aromatic heterocycles. The fourth-order valence-corrected chi connectivity index (χ4v) is 3.00. The number of amides is 1. The number of nitrogens with one attached hydrogen (secondary N) is 2. The van der Waals surface area contributed by atoms with Crippen molar-refractivity contribution in [1.82, 2.24) is 15.5 Å². The summed E-state index contributed by atoms with van der Waals surface area (Å²) in [6.45, 7) is 2.13. The molecule has 4 nitrogen and oxygen atoms in total. The molecule has 4 heteroatoms. The van der Waals surface area contributed by atoms with Crippen LogP contribution in [0.3, 0.4) is 0 Å². The molecule has 1 amide bonds. The lowest BCUT2D eigenvalue weighted by molar-refractivity contribution is -0.121. The van der Waals surface area contributed by atoms with Gasteiger partial charge in [0.15, 0.2) is 0 Å².